The van der Waals surface area contributed by atoms with E-state index in [1.807, 2.05) is 42.2 Å². The molecule has 0 radical (unpaired) electrons. The Hall–Kier alpha value is -2.92. The lowest BCUT2D eigenvalue weighted by Crippen LogP contribution is -2.47. The first-order valence-corrected chi connectivity index (χ1v) is 9.99. The number of piperidine rings is 1. The van der Waals surface area contributed by atoms with Gasteiger partial charge in [-0.05, 0) is 62.2 Å². The second-order valence-corrected chi connectivity index (χ2v) is 7.66. The number of carbonyl (C=O) groups is 1. The molecule has 1 aromatic heterocycles. The summed E-state index contributed by atoms with van der Waals surface area (Å²) in [6.45, 7) is 4.72. The van der Waals surface area contributed by atoms with Crippen molar-refractivity contribution in [2.75, 3.05) is 18.0 Å². The number of aryl methyl sites for hydroxylation is 1. The summed E-state index contributed by atoms with van der Waals surface area (Å²) in [6.07, 6.45) is 5.25. The highest BCUT2D eigenvalue weighted by molar-refractivity contribution is 6.06. The van der Waals surface area contributed by atoms with Gasteiger partial charge in [0.2, 0.25) is 0 Å². The molecule has 1 fully saturated rings. The summed E-state index contributed by atoms with van der Waals surface area (Å²) in [5.41, 5.74) is 3.71. The van der Waals surface area contributed by atoms with Gasteiger partial charge < -0.3 is 9.32 Å². The van der Waals surface area contributed by atoms with E-state index >= 15 is 0 Å². The van der Waals surface area contributed by atoms with Crippen molar-refractivity contribution in [3.8, 4) is 0 Å². The van der Waals surface area contributed by atoms with Crippen LogP contribution in [0.25, 0.3) is 0 Å². The van der Waals surface area contributed by atoms with Gasteiger partial charge in [-0.3, -0.25) is 9.69 Å². The molecule has 0 atom stereocenters. The first kappa shape index (κ1) is 19.4. The van der Waals surface area contributed by atoms with Gasteiger partial charge in [0, 0.05) is 42.5 Å². The maximum Gasteiger partial charge on any atom is 0.258 e. The van der Waals surface area contributed by atoms with Gasteiger partial charge in [0.05, 0.1) is 12.5 Å². The van der Waals surface area contributed by atoms with Crippen LogP contribution in [0.5, 0.6) is 0 Å². The quantitative estimate of drug-likeness (QED) is 0.610. The Morgan fingerprint density at radius 3 is 2.38 bits per heavy atom. The lowest BCUT2D eigenvalue weighted by atomic mass is 10.00. The van der Waals surface area contributed by atoms with E-state index in [1.54, 1.807) is 24.7 Å². The maximum atomic E-state index is 13.4. The van der Waals surface area contributed by atoms with Crippen LogP contribution in [0.4, 0.5) is 10.1 Å². The molecule has 4 nitrogen and oxygen atoms in total. The van der Waals surface area contributed by atoms with E-state index in [0.29, 0.717) is 5.56 Å². The standard InChI is InChI=1S/C24H25FN2O2/c1-18-2-8-22(9-3-18)27(24(28)20-4-6-21(25)7-5-20)23-10-13-26(14-11-23)16-19-12-15-29-17-19/h2-9,12,15,17,23H,10-11,13-14,16H2,1H3. The summed E-state index contributed by atoms with van der Waals surface area (Å²) < 4.78 is 18.5. The van der Waals surface area contributed by atoms with Crippen LogP contribution in [-0.2, 0) is 6.54 Å². The highest BCUT2D eigenvalue weighted by Gasteiger charge is 2.30. The number of likely N-dealkylation sites (tertiary alicyclic amines) is 1. The molecule has 1 saturated heterocycles. The molecule has 2 aromatic carbocycles. The summed E-state index contributed by atoms with van der Waals surface area (Å²) in [5.74, 6) is -0.418. The number of hydrogen-bond acceptors (Lipinski definition) is 3. The summed E-state index contributed by atoms with van der Waals surface area (Å²) in [5, 5.41) is 0. The van der Waals surface area contributed by atoms with Crippen LogP contribution in [-0.4, -0.2) is 29.9 Å². The zero-order chi connectivity index (χ0) is 20.2. The Morgan fingerprint density at radius 2 is 1.76 bits per heavy atom. The van der Waals surface area contributed by atoms with Crippen molar-refractivity contribution in [1.82, 2.24) is 4.90 Å². The van der Waals surface area contributed by atoms with E-state index in [9.17, 15) is 9.18 Å². The van der Waals surface area contributed by atoms with Gasteiger partial charge in [-0.15, -0.1) is 0 Å². The molecule has 1 aliphatic rings. The molecule has 3 aromatic rings. The topological polar surface area (TPSA) is 36.7 Å². The van der Waals surface area contributed by atoms with E-state index in [2.05, 4.69) is 4.90 Å². The van der Waals surface area contributed by atoms with E-state index in [4.69, 9.17) is 4.42 Å². The molecule has 4 rings (SSSR count). The van der Waals surface area contributed by atoms with Crippen molar-refractivity contribution in [2.45, 2.75) is 32.4 Å². The molecule has 150 valence electrons. The third kappa shape index (κ3) is 4.57. The van der Waals surface area contributed by atoms with E-state index < -0.39 is 0 Å². The van der Waals surface area contributed by atoms with Crippen molar-refractivity contribution < 1.29 is 13.6 Å². The predicted octanol–water partition coefficient (Wildman–Crippen LogP) is 5.04. The highest BCUT2D eigenvalue weighted by atomic mass is 19.1. The van der Waals surface area contributed by atoms with Gasteiger partial charge >= 0.3 is 0 Å². The number of benzene rings is 2. The number of amides is 1. The smallest absolute Gasteiger partial charge is 0.258 e. The SMILES string of the molecule is Cc1ccc(N(C(=O)c2ccc(F)cc2)C2CCN(Cc3ccoc3)CC2)cc1. The molecule has 5 heteroatoms. The van der Waals surface area contributed by atoms with Crippen molar-refractivity contribution in [1.29, 1.82) is 0 Å². The lowest BCUT2D eigenvalue weighted by molar-refractivity contribution is 0.0958. The molecule has 0 aliphatic carbocycles. The molecular formula is C24H25FN2O2. The normalized spacial score (nSPS) is 15.4. The second kappa shape index (κ2) is 8.62. The molecule has 0 saturated carbocycles. The molecule has 2 heterocycles. The number of rotatable bonds is 5. The van der Waals surface area contributed by atoms with Gasteiger partial charge in [0.15, 0.2) is 0 Å². The summed E-state index contributed by atoms with van der Waals surface area (Å²) in [6, 6.07) is 15.9. The fourth-order valence-corrected chi connectivity index (χ4v) is 3.91. The molecule has 0 spiro atoms. The average molecular weight is 392 g/mol. The minimum absolute atomic E-state index is 0.0814. The van der Waals surface area contributed by atoms with Crippen LogP contribution < -0.4 is 4.90 Å². The maximum absolute atomic E-state index is 13.4. The monoisotopic (exact) mass is 392 g/mol. The number of hydrogen-bond donors (Lipinski definition) is 0. The molecule has 1 amide bonds. The Kier molecular flexibility index (Phi) is 5.76. The van der Waals surface area contributed by atoms with Gasteiger partial charge in [-0.2, -0.15) is 0 Å². The summed E-state index contributed by atoms with van der Waals surface area (Å²) >= 11 is 0. The van der Waals surface area contributed by atoms with Crippen molar-refractivity contribution in [3.05, 3.63) is 89.6 Å². The minimum Gasteiger partial charge on any atom is -0.472 e. The van der Waals surface area contributed by atoms with Crippen LogP contribution in [0.1, 0.15) is 34.3 Å². The Morgan fingerprint density at radius 1 is 1.07 bits per heavy atom. The predicted molar refractivity (Wildman–Crippen MR) is 111 cm³/mol. The first-order valence-electron chi connectivity index (χ1n) is 9.99. The van der Waals surface area contributed by atoms with E-state index in [0.717, 1.165) is 43.7 Å². The number of anilines is 1. The molecular weight excluding hydrogens is 367 g/mol. The van der Waals surface area contributed by atoms with Gasteiger partial charge in [-0.1, -0.05) is 17.7 Å². The molecule has 0 unspecified atom stereocenters. The lowest BCUT2D eigenvalue weighted by Gasteiger charge is -2.38. The summed E-state index contributed by atoms with van der Waals surface area (Å²) in [4.78, 5) is 17.6. The van der Waals surface area contributed by atoms with Gasteiger partial charge in [0.25, 0.3) is 5.91 Å². The fourth-order valence-electron chi connectivity index (χ4n) is 3.91. The zero-order valence-electron chi connectivity index (χ0n) is 16.6. The Balaban J connectivity index is 1.53. The van der Waals surface area contributed by atoms with Gasteiger partial charge in [-0.25, -0.2) is 4.39 Å². The Bertz CT molecular complexity index is 928. The van der Waals surface area contributed by atoms with E-state index in [-0.39, 0.29) is 17.8 Å². The highest BCUT2D eigenvalue weighted by Crippen LogP contribution is 2.27. The molecule has 29 heavy (non-hydrogen) atoms. The third-order valence-corrected chi connectivity index (χ3v) is 5.53. The second-order valence-electron chi connectivity index (χ2n) is 7.66. The minimum atomic E-state index is -0.337. The largest absolute Gasteiger partial charge is 0.472 e. The molecule has 0 N–H and O–H groups in total. The average Bonchev–Trinajstić information content (AvgIpc) is 3.24. The summed E-state index contributed by atoms with van der Waals surface area (Å²) in [7, 11) is 0. The Labute approximate surface area is 170 Å². The zero-order valence-corrected chi connectivity index (χ0v) is 16.6. The molecule has 0 bridgehead atoms. The number of nitrogens with zero attached hydrogens (tertiary/aromatic N) is 2. The van der Waals surface area contributed by atoms with Crippen LogP contribution in [0, 0.1) is 12.7 Å². The van der Waals surface area contributed by atoms with Crippen molar-refractivity contribution >= 4 is 11.6 Å². The third-order valence-electron chi connectivity index (χ3n) is 5.53. The van der Waals surface area contributed by atoms with Crippen LogP contribution in [0.2, 0.25) is 0 Å². The molecule has 1 aliphatic heterocycles. The van der Waals surface area contributed by atoms with Crippen LogP contribution in [0.15, 0.2) is 71.5 Å². The van der Waals surface area contributed by atoms with Gasteiger partial charge in [0.1, 0.15) is 5.82 Å². The van der Waals surface area contributed by atoms with Crippen LogP contribution >= 0.6 is 0 Å². The fraction of sp³-hybridized carbons (Fsp3) is 0.292. The number of halogens is 1. The van der Waals surface area contributed by atoms with Crippen molar-refractivity contribution in [3.63, 3.8) is 0 Å². The van der Waals surface area contributed by atoms with Crippen LogP contribution in [0.3, 0.4) is 0 Å². The number of furan rings is 1. The van der Waals surface area contributed by atoms with E-state index in [1.165, 1.54) is 17.7 Å². The number of carbonyl (C=O) groups excluding carboxylic acids is 1. The first-order chi connectivity index (χ1) is 14.1. The van der Waals surface area contributed by atoms with Crippen molar-refractivity contribution in [2.24, 2.45) is 0 Å².